The number of para-hydroxylation sites is 3. The number of hydrogen-bond acceptors (Lipinski definition) is 3. The minimum Gasteiger partial charge on any atom is -0.501 e. The summed E-state index contributed by atoms with van der Waals surface area (Å²) in [4.78, 5) is 8.99. The summed E-state index contributed by atoms with van der Waals surface area (Å²) in [7, 11) is 0. The van der Waals surface area contributed by atoms with Gasteiger partial charge >= 0.3 is 20.1 Å². The maximum absolute atomic E-state index is 4.32. The van der Waals surface area contributed by atoms with Crippen LogP contribution in [-0.2, 0) is 20.1 Å². The first-order valence-electron chi connectivity index (χ1n) is 16.5. The van der Waals surface area contributed by atoms with Crippen molar-refractivity contribution in [2.45, 2.75) is 40.5 Å². The first-order chi connectivity index (χ1) is 23.0. The van der Waals surface area contributed by atoms with Crippen molar-refractivity contribution in [1.29, 1.82) is 0 Å². The van der Waals surface area contributed by atoms with Crippen molar-refractivity contribution in [3.05, 3.63) is 145 Å². The number of nitrogens with zero attached hydrogens (tertiary/aromatic N) is 4. The van der Waals surface area contributed by atoms with Crippen LogP contribution in [0.15, 0.2) is 109 Å². The molecule has 5 heteroatoms. The molecule has 8 aromatic rings. The molecule has 0 N–H and O–H groups in total. The van der Waals surface area contributed by atoms with Crippen molar-refractivity contribution in [1.82, 2.24) is 9.38 Å². The maximum atomic E-state index is 4.32. The van der Waals surface area contributed by atoms with Crippen molar-refractivity contribution in [2.24, 2.45) is 0 Å². The first-order valence-corrected chi connectivity index (χ1v) is 16.5. The molecule has 0 saturated carbocycles. The van der Waals surface area contributed by atoms with E-state index in [0.717, 1.165) is 23.5 Å². The minimum absolute atomic E-state index is 0. The van der Waals surface area contributed by atoms with E-state index < -0.39 is 0 Å². The zero-order chi connectivity index (χ0) is 32.1. The van der Waals surface area contributed by atoms with Gasteiger partial charge in [-0.3, -0.25) is 0 Å². The van der Waals surface area contributed by atoms with Gasteiger partial charge in [-0.1, -0.05) is 73.0 Å². The van der Waals surface area contributed by atoms with Gasteiger partial charge in [0.15, 0.2) is 0 Å². The van der Waals surface area contributed by atoms with Gasteiger partial charge < -0.3 is 19.2 Å². The average Bonchev–Trinajstić information content (AvgIpc) is 3.75. The average molecular weight is 802 g/mol. The van der Waals surface area contributed by atoms with Gasteiger partial charge in [-0.25, -0.2) is 0 Å². The van der Waals surface area contributed by atoms with E-state index in [-0.39, 0.29) is 20.1 Å². The molecule has 0 spiro atoms. The molecule has 3 aromatic heterocycles. The second-order valence-corrected chi connectivity index (χ2v) is 12.7. The Morgan fingerprint density at radius 3 is 2.27 bits per heavy atom. The molecule has 0 aliphatic carbocycles. The summed E-state index contributed by atoms with van der Waals surface area (Å²) in [6.45, 7) is 12.0. The van der Waals surface area contributed by atoms with Crippen molar-refractivity contribution in [3.63, 3.8) is 0 Å². The van der Waals surface area contributed by atoms with Crippen LogP contribution in [0.3, 0.4) is 0 Å². The fraction of sp³-hybridized carbons (Fsp3) is 0.163. The van der Waals surface area contributed by atoms with Gasteiger partial charge in [-0.2, -0.15) is 18.8 Å². The van der Waals surface area contributed by atoms with Crippen LogP contribution in [0.2, 0.25) is 0 Å². The number of pyridine rings is 1. The van der Waals surface area contributed by atoms with E-state index in [1.165, 1.54) is 79.0 Å². The molecule has 1 aliphatic rings. The Bertz CT molecular complexity index is 2360. The van der Waals surface area contributed by atoms with Crippen LogP contribution in [-0.4, -0.2) is 15.9 Å². The fourth-order valence-electron chi connectivity index (χ4n) is 7.10. The quantitative estimate of drug-likeness (QED) is 0.162. The summed E-state index contributed by atoms with van der Waals surface area (Å²) in [5, 5.41) is 5.28. The van der Waals surface area contributed by atoms with Crippen LogP contribution in [0.1, 0.15) is 36.5 Å². The summed E-state index contributed by atoms with van der Waals surface area (Å²) >= 11 is 0. The van der Waals surface area contributed by atoms with E-state index in [4.69, 9.17) is 0 Å². The number of rotatable bonds is 5. The first kappa shape index (κ1) is 31.9. The molecule has 4 nitrogen and oxygen atoms in total. The zero-order valence-electron chi connectivity index (χ0n) is 27.7. The smallest absolute Gasteiger partial charge is 0.501 e. The van der Waals surface area contributed by atoms with Crippen LogP contribution < -0.4 is 9.80 Å². The SMILES string of the molecule is CCCCN1[CH-]N(c2[c-]cc3c(c2)c2cccc4c5cc(C)cc(C)c5n3c24)c2ccccc21.Cc1ccc(-c2[c-]cccc2)nc1.[Ir+3]. The van der Waals surface area contributed by atoms with Gasteiger partial charge in [0.2, 0.25) is 0 Å². The molecule has 1 aliphatic heterocycles. The second-order valence-electron chi connectivity index (χ2n) is 12.7. The van der Waals surface area contributed by atoms with Gasteiger partial charge in [0.25, 0.3) is 0 Å². The molecule has 0 amide bonds. The monoisotopic (exact) mass is 802 g/mol. The molecule has 4 heterocycles. The number of aromatic nitrogens is 2. The Morgan fingerprint density at radius 1 is 0.729 bits per heavy atom. The van der Waals surface area contributed by atoms with E-state index >= 15 is 0 Å². The summed E-state index contributed by atoms with van der Waals surface area (Å²) in [5.74, 6) is 0. The Morgan fingerprint density at radius 2 is 1.52 bits per heavy atom. The number of aryl methyl sites for hydroxylation is 3. The Hall–Kier alpha value is -4.70. The van der Waals surface area contributed by atoms with E-state index in [2.05, 4.69) is 132 Å². The Kier molecular flexibility index (Phi) is 8.68. The summed E-state index contributed by atoms with van der Waals surface area (Å²) in [5.41, 5.74) is 13.3. The van der Waals surface area contributed by atoms with Crippen molar-refractivity contribution >= 4 is 55.2 Å². The van der Waals surface area contributed by atoms with Gasteiger partial charge in [-0.15, -0.1) is 53.0 Å². The molecule has 9 rings (SSSR count). The van der Waals surface area contributed by atoms with Crippen LogP contribution in [0.25, 0.3) is 49.4 Å². The number of unbranched alkanes of at least 4 members (excludes halogenated alkanes) is 1. The van der Waals surface area contributed by atoms with Gasteiger partial charge in [0, 0.05) is 39.4 Å². The molecule has 0 radical (unpaired) electrons. The molecule has 238 valence electrons. The molecular formula is C43H37IrN4. The summed E-state index contributed by atoms with van der Waals surface area (Å²) in [6, 6.07) is 43.3. The Balaban J connectivity index is 0.000000220. The number of hydrogen-bond donors (Lipinski definition) is 0. The molecule has 0 saturated heterocycles. The van der Waals surface area contributed by atoms with Crippen LogP contribution >= 0.6 is 0 Å². The van der Waals surface area contributed by atoms with Crippen LogP contribution in [0.4, 0.5) is 17.1 Å². The minimum atomic E-state index is 0. The Labute approximate surface area is 296 Å². The third-order valence-corrected chi connectivity index (χ3v) is 9.28. The van der Waals surface area contributed by atoms with Crippen molar-refractivity contribution in [2.75, 3.05) is 16.3 Å². The molecular weight excluding hydrogens is 765 g/mol. The van der Waals surface area contributed by atoms with Crippen LogP contribution in [0, 0.1) is 39.6 Å². The van der Waals surface area contributed by atoms with E-state index in [1.54, 1.807) is 0 Å². The van der Waals surface area contributed by atoms with Gasteiger partial charge in [-0.05, 0) is 74.1 Å². The van der Waals surface area contributed by atoms with Crippen molar-refractivity contribution < 1.29 is 20.1 Å². The summed E-state index contributed by atoms with van der Waals surface area (Å²) in [6.07, 6.45) is 4.24. The van der Waals surface area contributed by atoms with Crippen LogP contribution in [0.5, 0.6) is 0 Å². The third-order valence-electron chi connectivity index (χ3n) is 9.28. The molecule has 0 unspecified atom stereocenters. The van der Waals surface area contributed by atoms with Crippen molar-refractivity contribution in [3.8, 4) is 11.3 Å². The molecule has 5 aromatic carbocycles. The zero-order valence-corrected chi connectivity index (χ0v) is 30.1. The van der Waals surface area contributed by atoms with E-state index in [0.29, 0.717) is 0 Å². The predicted octanol–water partition coefficient (Wildman–Crippen LogP) is 11.0. The molecule has 0 bridgehead atoms. The summed E-state index contributed by atoms with van der Waals surface area (Å²) < 4.78 is 2.46. The normalized spacial score (nSPS) is 12.5. The van der Waals surface area contributed by atoms with E-state index in [1.807, 2.05) is 43.5 Å². The number of benzene rings is 5. The van der Waals surface area contributed by atoms with E-state index in [9.17, 15) is 0 Å². The second kappa shape index (κ2) is 13.1. The van der Waals surface area contributed by atoms with Gasteiger partial charge in [0.05, 0.1) is 0 Å². The third kappa shape index (κ3) is 5.41. The molecule has 0 fully saturated rings. The van der Waals surface area contributed by atoms with Gasteiger partial charge in [0.1, 0.15) is 0 Å². The molecule has 0 atom stereocenters. The standard InChI is InChI=1S/C31H27N3.C12H10N.Ir/c1-4-5-15-32-19-33(29-12-7-6-11-28(29)32)22-13-14-27-25(18-22)23-9-8-10-24-26-17-20(2)16-21(3)30(26)34(27)31(23)24;1-10-7-8-12(13-9-10)11-5-3-2-4-6-11;/h6-12,14,16-19H,4-5,15H2,1-3H3;2-5,7-9H,1H3;/q-2;-1;+3. The maximum Gasteiger partial charge on any atom is 3.00 e. The predicted molar refractivity (Wildman–Crippen MR) is 198 cm³/mol. The number of anilines is 3. The number of fused-ring (bicyclic) bond motifs is 7. The topological polar surface area (TPSA) is 23.8 Å². The largest absolute Gasteiger partial charge is 3.00 e. The molecule has 48 heavy (non-hydrogen) atoms. The fourth-order valence-corrected chi connectivity index (χ4v) is 7.10.